The van der Waals surface area contributed by atoms with Gasteiger partial charge in [0.05, 0.1) is 7.11 Å². The van der Waals surface area contributed by atoms with Crippen molar-refractivity contribution in [3.63, 3.8) is 0 Å². The Hall–Kier alpha value is -1.22. The maximum Gasteiger partial charge on any atom is 0.122 e. The monoisotopic (exact) mass is 262 g/mol. The number of hydrogen-bond donors (Lipinski definition) is 1. The van der Waals surface area contributed by atoms with Crippen LogP contribution in [0, 0.1) is 0 Å². The molecule has 0 spiro atoms. The lowest BCUT2D eigenvalue weighted by molar-refractivity contribution is 0.397. The molecular weight excluding hydrogens is 236 g/mol. The Kier molecular flexibility index (Phi) is 4.04. The molecule has 0 aromatic heterocycles. The molecule has 0 aliphatic carbocycles. The molecule has 0 saturated carbocycles. The van der Waals surface area contributed by atoms with Gasteiger partial charge < -0.3 is 15.0 Å². The van der Waals surface area contributed by atoms with Gasteiger partial charge in [0.25, 0.3) is 0 Å². The Morgan fingerprint density at radius 2 is 2.05 bits per heavy atom. The molecule has 1 heterocycles. The fraction of sp³-hybridized carbons (Fsp3) is 0.625. The first kappa shape index (κ1) is 14.2. The molecule has 1 unspecified atom stereocenters. The third-order valence-electron chi connectivity index (χ3n) is 3.98. The van der Waals surface area contributed by atoms with Crippen LogP contribution in [0.3, 0.4) is 0 Å². The Morgan fingerprint density at radius 3 is 2.58 bits per heavy atom. The molecule has 106 valence electrons. The van der Waals surface area contributed by atoms with Gasteiger partial charge in [-0.3, -0.25) is 0 Å². The Balaban J connectivity index is 2.31. The van der Waals surface area contributed by atoms with Crippen LogP contribution in [0.4, 0.5) is 5.69 Å². The van der Waals surface area contributed by atoms with Gasteiger partial charge in [0, 0.05) is 30.9 Å². The van der Waals surface area contributed by atoms with Gasteiger partial charge in [0.1, 0.15) is 5.75 Å². The van der Waals surface area contributed by atoms with Crippen molar-refractivity contribution in [3.05, 3.63) is 23.8 Å². The van der Waals surface area contributed by atoms with E-state index in [0.29, 0.717) is 6.04 Å². The highest BCUT2D eigenvalue weighted by Gasteiger charge is 2.23. The van der Waals surface area contributed by atoms with E-state index < -0.39 is 0 Å². The maximum atomic E-state index is 5.50. The summed E-state index contributed by atoms with van der Waals surface area (Å²) in [6.07, 6.45) is 1.22. The fourth-order valence-corrected chi connectivity index (χ4v) is 2.68. The zero-order valence-corrected chi connectivity index (χ0v) is 12.8. The minimum atomic E-state index is 0.0934. The third kappa shape index (κ3) is 3.03. The van der Waals surface area contributed by atoms with Crippen molar-refractivity contribution in [2.75, 3.05) is 32.1 Å². The molecule has 0 radical (unpaired) electrons. The van der Waals surface area contributed by atoms with E-state index in [-0.39, 0.29) is 5.41 Å². The second kappa shape index (κ2) is 5.41. The van der Waals surface area contributed by atoms with Crippen molar-refractivity contribution in [2.45, 2.75) is 38.6 Å². The standard InChI is InChI=1S/C16H26N2O/c1-16(2,3)14-10-12(6-7-15(14)19-5)18(4)13-8-9-17-11-13/h6-7,10,13,17H,8-9,11H2,1-5H3. The third-order valence-corrected chi connectivity index (χ3v) is 3.98. The summed E-state index contributed by atoms with van der Waals surface area (Å²) in [5.41, 5.74) is 2.64. The average Bonchev–Trinajstić information content (AvgIpc) is 2.90. The zero-order valence-electron chi connectivity index (χ0n) is 12.8. The lowest BCUT2D eigenvalue weighted by atomic mass is 9.86. The number of likely N-dealkylation sites (N-methyl/N-ethyl adjacent to an activating group) is 1. The number of nitrogens with one attached hydrogen (secondary N) is 1. The van der Waals surface area contributed by atoms with Crippen LogP contribution in [0.25, 0.3) is 0 Å². The molecule has 1 aromatic rings. The normalized spacial score (nSPS) is 19.5. The zero-order chi connectivity index (χ0) is 14.0. The second-order valence-corrected chi connectivity index (χ2v) is 6.39. The molecule has 1 saturated heterocycles. The number of hydrogen-bond acceptors (Lipinski definition) is 3. The van der Waals surface area contributed by atoms with Gasteiger partial charge in [-0.2, -0.15) is 0 Å². The van der Waals surface area contributed by atoms with Gasteiger partial charge >= 0.3 is 0 Å². The van der Waals surface area contributed by atoms with E-state index in [1.807, 2.05) is 0 Å². The Morgan fingerprint density at radius 1 is 1.32 bits per heavy atom. The van der Waals surface area contributed by atoms with Gasteiger partial charge in [-0.1, -0.05) is 20.8 Å². The average molecular weight is 262 g/mol. The molecule has 2 rings (SSSR count). The highest BCUT2D eigenvalue weighted by molar-refractivity contribution is 5.55. The summed E-state index contributed by atoms with van der Waals surface area (Å²) in [6.45, 7) is 8.88. The minimum Gasteiger partial charge on any atom is -0.496 e. The predicted octanol–water partition coefficient (Wildman–Crippen LogP) is 2.79. The summed E-state index contributed by atoms with van der Waals surface area (Å²) in [4.78, 5) is 2.38. The van der Waals surface area contributed by atoms with Crippen molar-refractivity contribution in [3.8, 4) is 5.75 Å². The molecule has 1 atom stereocenters. The molecule has 19 heavy (non-hydrogen) atoms. The maximum absolute atomic E-state index is 5.50. The van der Waals surface area contributed by atoms with E-state index in [2.05, 4.69) is 56.2 Å². The van der Waals surface area contributed by atoms with Crippen LogP contribution < -0.4 is 15.0 Å². The number of methoxy groups -OCH3 is 1. The predicted molar refractivity (Wildman–Crippen MR) is 81.4 cm³/mol. The summed E-state index contributed by atoms with van der Waals surface area (Å²) in [5, 5.41) is 3.42. The van der Waals surface area contributed by atoms with Crippen LogP contribution in [-0.2, 0) is 5.41 Å². The molecule has 0 bridgehead atoms. The van der Waals surface area contributed by atoms with Crippen molar-refractivity contribution >= 4 is 5.69 Å². The molecule has 1 aliphatic rings. The first-order valence-electron chi connectivity index (χ1n) is 7.05. The van der Waals surface area contributed by atoms with Crippen molar-refractivity contribution in [1.29, 1.82) is 0 Å². The van der Waals surface area contributed by atoms with Gasteiger partial charge in [-0.05, 0) is 36.6 Å². The number of nitrogens with zero attached hydrogens (tertiary/aromatic N) is 1. The first-order chi connectivity index (χ1) is 8.93. The molecule has 3 nitrogen and oxygen atoms in total. The van der Waals surface area contributed by atoms with Crippen LogP contribution in [-0.4, -0.2) is 33.3 Å². The van der Waals surface area contributed by atoms with Gasteiger partial charge in [-0.25, -0.2) is 0 Å². The van der Waals surface area contributed by atoms with Crippen LogP contribution >= 0.6 is 0 Å². The number of rotatable bonds is 3. The highest BCUT2D eigenvalue weighted by Crippen LogP contribution is 2.34. The summed E-state index contributed by atoms with van der Waals surface area (Å²) in [7, 11) is 3.93. The molecule has 0 amide bonds. The lowest BCUT2D eigenvalue weighted by Gasteiger charge is -2.29. The second-order valence-electron chi connectivity index (χ2n) is 6.39. The van der Waals surface area contributed by atoms with Crippen molar-refractivity contribution in [1.82, 2.24) is 5.32 Å². The van der Waals surface area contributed by atoms with Crippen LogP contribution in [0.15, 0.2) is 18.2 Å². The summed E-state index contributed by atoms with van der Waals surface area (Å²) in [5.74, 6) is 0.981. The van der Waals surface area contributed by atoms with Crippen molar-refractivity contribution in [2.24, 2.45) is 0 Å². The number of ether oxygens (including phenoxy) is 1. The van der Waals surface area contributed by atoms with Gasteiger partial charge in [0.2, 0.25) is 0 Å². The largest absolute Gasteiger partial charge is 0.496 e. The lowest BCUT2D eigenvalue weighted by Crippen LogP contribution is -2.33. The summed E-state index contributed by atoms with van der Waals surface area (Å²) >= 11 is 0. The summed E-state index contributed by atoms with van der Waals surface area (Å²) in [6, 6.07) is 7.12. The van der Waals surface area contributed by atoms with E-state index in [4.69, 9.17) is 4.74 Å². The number of anilines is 1. The molecule has 1 aliphatic heterocycles. The minimum absolute atomic E-state index is 0.0934. The van der Waals surface area contributed by atoms with E-state index in [1.54, 1.807) is 7.11 Å². The fourth-order valence-electron chi connectivity index (χ4n) is 2.68. The molecule has 3 heteroatoms. The van der Waals surface area contributed by atoms with Crippen LogP contribution in [0.1, 0.15) is 32.8 Å². The first-order valence-corrected chi connectivity index (χ1v) is 7.05. The van der Waals surface area contributed by atoms with Gasteiger partial charge in [-0.15, -0.1) is 0 Å². The van der Waals surface area contributed by atoms with Gasteiger partial charge in [0.15, 0.2) is 0 Å². The number of benzene rings is 1. The van der Waals surface area contributed by atoms with Crippen LogP contribution in [0.2, 0.25) is 0 Å². The SMILES string of the molecule is COc1ccc(N(C)C2CCNC2)cc1C(C)(C)C. The molecule has 1 aromatic carbocycles. The summed E-state index contributed by atoms with van der Waals surface area (Å²) < 4.78 is 5.50. The van der Waals surface area contributed by atoms with E-state index in [9.17, 15) is 0 Å². The molecular formula is C16H26N2O. The Bertz CT molecular complexity index is 431. The smallest absolute Gasteiger partial charge is 0.122 e. The van der Waals surface area contributed by atoms with E-state index in [1.165, 1.54) is 17.7 Å². The van der Waals surface area contributed by atoms with E-state index in [0.717, 1.165) is 18.8 Å². The van der Waals surface area contributed by atoms with Crippen molar-refractivity contribution < 1.29 is 4.74 Å². The molecule has 1 N–H and O–H groups in total. The van der Waals surface area contributed by atoms with Crippen LogP contribution in [0.5, 0.6) is 5.75 Å². The highest BCUT2D eigenvalue weighted by atomic mass is 16.5. The topological polar surface area (TPSA) is 24.5 Å². The van der Waals surface area contributed by atoms with E-state index >= 15 is 0 Å². The quantitative estimate of drug-likeness (QED) is 0.906. The molecule has 1 fully saturated rings. The Labute approximate surface area is 116 Å².